The lowest BCUT2D eigenvalue weighted by Crippen LogP contribution is -1.88. The van der Waals surface area contributed by atoms with Crippen molar-refractivity contribution in [2.45, 2.75) is 0 Å². The van der Waals surface area contributed by atoms with Crippen LogP contribution in [0, 0.1) is 0 Å². The van der Waals surface area contributed by atoms with Crippen molar-refractivity contribution in [2.75, 3.05) is 0 Å². The summed E-state index contributed by atoms with van der Waals surface area (Å²) in [6.07, 6.45) is 4.00. The zero-order chi connectivity index (χ0) is 5.82. The van der Waals surface area contributed by atoms with Crippen molar-refractivity contribution in [3.63, 3.8) is 0 Å². The molecule has 1 rings (SSSR count). The second kappa shape index (κ2) is 2.11. The Morgan fingerprint density at radius 3 is 2.75 bits per heavy atom. The Balaban J connectivity index is 2.99. The Morgan fingerprint density at radius 2 is 2.38 bits per heavy atom. The van der Waals surface area contributed by atoms with Crippen molar-refractivity contribution >= 4 is 6.29 Å². The molecule has 8 heavy (non-hydrogen) atoms. The van der Waals surface area contributed by atoms with Gasteiger partial charge in [0, 0.05) is 0 Å². The normalized spacial score (nSPS) is 8.50. The minimum Gasteiger partial charge on any atom is -0.283 e. The number of rotatable bonds is 1. The van der Waals surface area contributed by atoms with E-state index in [1.165, 1.54) is 12.5 Å². The van der Waals surface area contributed by atoms with Gasteiger partial charge in [-0.2, -0.15) is 5.10 Å². The van der Waals surface area contributed by atoms with E-state index in [4.69, 9.17) is 0 Å². The molecule has 0 N–H and O–H groups in total. The predicted molar refractivity (Wildman–Crippen MR) is 24.6 cm³/mol. The number of hydrogen-bond donors (Lipinski definition) is 0. The number of carbonyl (C=O) groups excluding carboxylic acids is 1. The van der Waals surface area contributed by atoms with Crippen molar-refractivity contribution in [3.05, 3.63) is 18.2 Å². The molecule has 0 saturated carbocycles. The van der Waals surface area contributed by atoms with Crippen molar-refractivity contribution in [1.82, 2.24) is 15.2 Å². The molecule has 0 unspecified atom stereocenters. The third-order valence-corrected chi connectivity index (χ3v) is 0.600. The first kappa shape index (κ1) is 4.83. The van der Waals surface area contributed by atoms with Crippen molar-refractivity contribution in [1.29, 1.82) is 0 Å². The molecule has 0 atom stereocenters. The summed E-state index contributed by atoms with van der Waals surface area (Å²) in [5.74, 6) is 0. The quantitative estimate of drug-likeness (QED) is 0.478. The van der Waals surface area contributed by atoms with Crippen LogP contribution in [0.4, 0.5) is 0 Å². The van der Waals surface area contributed by atoms with Crippen LogP contribution < -0.4 is 0 Å². The molecule has 39 valence electrons. The van der Waals surface area contributed by atoms with Crippen LogP contribution in [0.25, 0.3) is 0 Å². The van der Waals surface area contributed by atoms with Gasteiger partial charge < -0.3 is 0 Å². The average molecular weight is 108 g/mol. The van der Waals surface area contributed by atoms with Gasteiger partial charge in [0.15, 0.2) is 0 Å². The molecule has 4 heteroatoms. The number of hydrogen-bond acceptors (Lipinski definition) is 4. The van der Waals surface area contributed by atoms with Crippen LogP contribution in [-0.2, 0) is 4.79 Å². The molecule has 0 aliphatic carbocycles. The maximum absolute atomic E-state index is 9.75. The van der Waals surface area contributed by atoms with Crippen LogP contribution in [0.5, 0.6) is 0 Å². The van der Waals surface area contributed by atoms with E-state index in [-0.39, 0.29) is 5.69 Å². The Morgan fingerprint density at radius 1 is 1.50 bits per heavy atom. The van der Waals surface area contributed by atoms with Crippen LogP contribution in [-0.4, -0.2) is 21.5 Å². The van der Waals surface area contributed by atoms with E-state index in [0.29, 0.717) is 0 Å². The zero-order valence-electron chi connectivity index (χ0n) is 3.90. The van der Waals surface area contributed by atoms with Gasteiger partial charge in [0.05, 0.1) is 6.20 Å². The Hall–Kier alpha value is -1.32. The van der Waals surface area contributed by atoms with Crippen LogP contribution in [0.15, 0.2) is 12.5 Å². The molecule has 0 fully saturated rings. The molecule has 1 heterocycles. The van der Waals surface area contributed by atoms with E-state index in [0.717, 1.165) is 0 Å². The van der Waals surface area contributed by atoms with E-state index in [1.807, 2.05) is 0 Å². The van der Waals surface area contributed by atoms with Gasteiger partial charge in [0.25, 0.3) is 6.29 Å². The highest BCUT2D eigenvalue weighted by Crippen LogP contribution is 1.76. The highest BCUT2D eigenvalue weighted by Gasteiger charge is 1.86. The predicted octanol–water partition coefficient (Wildman–Crippen LogP) is -0.671. The second-order valence-electron chi connectivity index (χ2n) is 1.09. The molecule has 0 spiro atoms. The number of nitrogens with zero attached hydrogens (tertiary/aromatic N) is 3. The standard InChI is InChI=1S/C4H2N3O/c8-2-4-1-6-7-3-5-4/h1,3H. The molecule has 0 aliphatic rings. The largest absolute Gasteiger partial charge is 0.283 e. The van der Waals surface area contributed by atoms with Crippen LogP contribution in [0.1, 0.15) is 5.69 Å². The summed E-state index contributed by atoms with van der Waals surface area (Å²) in [4.78, 5) is 13.3. The second-order valence-corrected chi connectivity index (χ2v) is 1.09. The summed E-state index contributed by atoms with van der Waals surface area (Å²) in [7, 11) is 0. The summed E-state index contributed by atoms with van der Waals surface area (Å²) >= 11 is 0. The van der Waals surface area contributed by atoms with Gasteiger partial charge in [-0.3, -0.25) is 4.79 Å². The average Bonchev–Trinajstić information content (AvgIpc) is 1.90. The third kappa shape index (κ3) is 0.841. The van der Waals surface area contributed by atoms with Gasteiger partial charge >= 0.3 is 0 Å². The molecule has 1 aromatic rings. The summed E-state index contributed by atoms with van der Waals surface area (Å²) < 4.78 is 0. The summed E-state index contributed by atoms with van der Waals surface area (Å²) in [5, 5.41) is 6.73. The lowest BCUT2D eigenvalue weighted by Gasteiger charge is -1.78. The monoisotopic (exact) mass is 108 g/mol. The minimum atomic E-state index is 0.181. The van der Waals surface area contributed by atoms with Gasteiger partial charge in [-0.05, 0) is 0 Å². The molecule has 0 aliphatic heterocycles. The van der Waals surface area contributed by atoms with Gasteiger partial charge in [-0.15, -0.1) is 5.10 Å². The molecular formula is C4H2N3O. The zero-order valence-corrected chi connectivity index (χ0v) is 3.90. The first-order valence-corrected chi connectivity index (χ1v) is 1.94. The molecule has 0 bridgehead atoms. The first-order chi connectivity index (χ1) is 3.93. The first-order valence-electron chi connectivity index (χ1n) is 1.94. The van der Waals surface area contributed by atoms with Crippen molar-refractivity contribution < 1.29 is 4.79 Å². The van der Waals surface area contributed by atoms with Gasteiger partial charge in [0.1, 0.15) is 12.0 Å². The summed E-state index contributed by atoms with van der Waals surface area (Å²) in [6.45, 7) is 0. The van der Waals surface area contributed by atoms with Gasteiger partial charge in [0.2, 0.25) is 0 Å². The fourth-order valence-corrected chi connectivity index (χ4v) is 0.292. The van der Waals surface area contributed by atoms with Gasteiger partial charge in [-0.25, -0.2) is 4.98 Å². The van der Waals surface area contributed by atoms with E-state index in [2.05, 4.69) is 15.2 Å². The van der Waals surface area contributed by atoms with E-state index >= 15 is 0 Å². The van der Waals surface area contributed by atoms with Crippen molar-refractivity contribution in [3.8, 4) is 0 Å². The molecule has 1 radical (unpaired) electrons. The fraction of sp³-hybridized carbons (Fsp3) is 0. The van der Waals surface area contributed by atoms with Crippen LogP contribution in [0.3, 0.4) is 0 Å². The van der Waals surface area contributed by atoms with E-state index < -0.39 is 0 Å². The number of aromatic nitrogens is 3. The Labute approximate surface area is 45.6 Å². The fourth-order valence-electron chi connectivity index (χ4n) is 0.292. The highest BCUT2D eigenvalue weighted by molar-refractivity contribution is 5.71. The van der Waals surface area contributed by atoms with Crippen LogP contribution in [0.2, 0.25) is 0 Å². The molecule has 1 aromatic heterocycles. The highest BCUT2D eigenvalue weighted by atomic mass is 16.1. The van der Waals surface area contributed by atoms with Crippen molar-refractivity contribution in [2.24, 2.45) is 0 Å². The maximum atomic E-state index is 9.75. The molecule has 0 aromatic carbocycles. The lowest BCUT2D eigenvalue weighted by molar-refractivity contribution is 0.561. The van der Waals surface area contributed by atoms with E-state index in [9.17, 15) is 4.79 Å². The molecule has 0 amide bonds. The third-order valence-electron chi connectivity index (χ3n) is 0.600. The Kier molecular flexibility index (Phi) is 1.27. The maximum Gasteiger partial charge on any atom is 0.255 e. The van der Waals surface area contributed by atoms with Crippen LogP contribution >= 0.6 is 0 Å². The molecule has 4 nitrogen and oxygen atoms in total. The van der Waals surface area contributed by atoms with E-state index in [1.54, 1.807) is 6.29 Å². The topological polar surface area (TPSA) is 55.7 Å². The summed E-state index contributed by atoms with van der Waals surface area (Å²) in [5.41, 5.74) is 0.181. The summed E-state index contributed by atoms with van der Waals surface area (Å²) in [6, 6.07) is 0. The smallest absolute Gasteiger partial charge is 0.255 e. The SMILES string of the molecule is O=[C]c1cnncn1. The van der Waals surface area contributed by atoms with Gasteiger partial charge in [-0.1, -0.05) is 0 Å². The Bertz CT molecular complexity index is 174. The molecule has 0 saturated heterocycles. The minimum absolute atomic E-state index is 0.181. The molecular weight excluding hydrogens is 106 g/mol. The lowest BCUT2D eigenvalue weighted by atomic mass is 10.5.